The third-order valence-corrected chi connectivity index (χ3v) is 4.51. The van der Waals surface area contributed by atoms with Crippen LogP contribution in [0.5, 0.6) is 0 Å². The van der Waals surface area contributed by atoms with E-state index in [1.807, 2.05) is 37.3 Å². The quantitative estimate of drug-likeness (QED) is 0.690. The Morgan fingerprint density at radius 3 is 2.36 bits per heavy atom. The molecule has 0 bridgehead atoms. The maximum Gasteiger partial charge on any atom is 0.253 e. The van der Waals surface area contributed by atoms with Gasteiger partial charge in [-0.05, 0) is 37.6 Å². The number of aromatic nitrogens is 1. The minimum absolute atomic E-state index is 0.130. The van der Waals surface area contributed by atoms with Gasteiger partial charge in [0.25, 0.3) is 5.91 Å². The second kappa shape index (κ2) is 8.52. The number of halogens is 1. The van der Waals surface area contributed by atoms with Crippen LogP contribution in [-0.4, -0.2) is 22.9 Å². The highest BCUT2D eigenvalue weighted by Crippen LogP contribution is 2.22. The van der Waals surface area contributed by atoms with Crippen LogP contribution in [-0.2, 0) is 11.3 Å². The number of carbonyl (C=O) groups is 2. The molecule has 1 aromatic heterocycles. The van der Waals surface area contributed by atoms with Gasteiger partial charge in [0.05, 0.1) is 17.8 Å². The van der Waals surface area contributed by atoms with Gasteiger partial charge in [-0.25, -0.2) is 4.39 Å². The zero-order valence-corrected chi connectivity index (χ0v) is 15.8. The minimum Gasteiger partial charge on any atom is -0.350 e. The van der Waals surface area contributed by atoms with Gasteiger partial charge in [-0.2, -0.15) is 0 Å². The van der Waals surface area contributed by atoms with E-state index in [0.29, 0.717) is 23.5 Å². The minimum atomic E-state index is -0.370. The summed E-state index contributed by atoms with van der Waals surface area (Å²) in [7, 11) is 0. The van der Waals surface area contributed by atoms with Crippen molar-refractivity contribution in [2.45, 2.75) is 20.4 Å². The Hall–Kier alpha value is -3.41. The number of rotatable bonds is 6. The van der Waals surface area contributed by atoms with Crippen molar-refractivity contribution >= 4 is 11.8 Å². The largest absolute Gasteiger partial charge is 0.350 e. The number of nitrogens with one attached hydrogen (secondary N) is 2. The standard InChI is InChI=1S/C22H22FN3O2/c1-15-12-18(16(2)26(15)20-11-7-6-10-19(20)23)22(28)25-14-21(27)24-13-17-8-4-3-5-9-17/h3-12H,13-14H2,1-2H3,(H,24,27)(H,25,28). The molecule has 0 unspecified atom stereocenters. The Labute approximate surface area is 163 Å². The van der Waals surface area contributed by atoms with Gasteiger partial charge in [0.15, 0.2) is 0 Å². The summed E-state index contributed by atoms with van der Waals surface area (Å²) >= 11 is 0. The molecule has 5 nitrogen and oxygen atoms in total. The molecule has 144 valence electrons. The van der Waals surface area contributed by atoms with E-state index in [-0.39, 0.29) is 24.2 Å². The molecule has 28 heavy (non-hydrogen) atoms. The molecular weight excluding hydrogens is 357 g/mol. The van der Waals surface area contributed by atoms with Crippen molar-refractivity contribution < 1.29 is 14.0 Å². The van der Waals surface area contributed by atoms with Crippen LogP contribution in [0.2, 0.25) is 0 Å². The molecule has 2 aromatic carbocycles. The molecule has 0 atom stereocenters. The molecule has 0 aliphatic carbocycles. The van der Waals surface area contributed by atoms with Gasteiger partial charge in [0.2, 0.25) is 5.91 Å². The summed E-state index contributed by atoms with van der Waals surface area (Å²) in [5, 5.41) is 5.39. The van der Waals surface area contributed by atoms with E-state index in [0.717, 1.165) is 11.3 Å². The predicted molar refractivity (Wildman–Crippen MR) is 106 cm³/mol. The van der Waals surface area contributed by atoms with Crippen LogP contribution in [0, 0.1) is 19.7 Å². The lowest BCUT2D eigenvalue weighted by Crippen LogP contribution is -2.36. The molecule has 2 N–H and O–H groups in total. The first kappa shape index (κ1) is 19.4. The van der Waals surface area contributed by atoms with E-state index in [2.05, 4.69) is 10.6 Å². The van der Waals surface area contributed by atoms with Crippen molar-refractivity contribution in [3.8, 4) is 5.69 Å². The molecule has 0 aliphatic rings. The van der Waals surface area contributed by atoms with Crippen molar-refractivity contribution in [3.05, 3.63) is 89.0 Å². The first-order chi connectivity index (χ1) is 13.5. The highest BCUT2D eigenvalue weighted by molar-refractivity contribution is 5.97. The van der Waals surface area contributed by atoms with Gasteiger partial charge >= 0.3 is 0 Å². The lowest BCUT2D eigenvalue weighted by molar-refractivity contribution is -0.120. The fourth-order valence-corrected chi connectivity index (χ4v) is 3.11. The molecule has 1 heterocycles. The summed E-state index contributed by atoms with van der Waals surface area (Å²) in [5.41, 5.74) is 3.13. The summed E-state index contributed by atoms with van der Waals surface area (Å²) in [5.74, 6) is -1.01. The smallest absolute Gasteiger partial charge is 0.253 e. The van der Waals surface area contributed by atoms with E-state index in [4.69, 9.17) is 0 Å². The van der Waals surface area contributed by atoms with Crippen LogP contribution in [0.4, 0.5) is 4.39 Å². The second-order valence-electron chi connectivity index (χ2n) is 6.52. The zero-order chi connectivity index (χ0) is 20.1. The second-order valence-corrected chi connectivity index (χ2v) is 6.52. The number of hydrogen-bond acceptors (Lipinski definition) is 2. The van der Waals surface area contributed by atoms with Gasteiger partial charge in [-0.1, -0.05) is 42.5 Å². The van der Waals surface area contributed by atoms with Crippen molar-refractivity contribution in [1.29, 1.82) is 0 Å². The molecule has 3 aromatic rings. The van der Waals surface area contributed by atoms with Crippen LogP contribution < -0.4 is 10.6 Å². The van der Waals surface area contributed by atoms with Gasteiger partial charge in [-0.15, -0.1) is 0 Å². The maximum absolute atomic E-state index is 14.2. The lowest BCUT2D eigenvalue weighted by atomic mass is 10.2. The van der Waals surface area contributed by atoms with Gasteiger partial charge in [0, 0.05) is 17.9 Å². The first-order valence-corrected chi connectivity index (χ1v) is 9.00. The summed E-state index contributed by atoms with van der Waals surface area (Å²) in [6, 6.07) is 17.6. The molecule has 0 saturated carbocycles. The number of para-hydroxylation sites is 1. The van der Waals surface area contributed by atoms with Crippen LogP contribution in [0.15, 0.2) is 60.7 Å². The summed E-state index contributed by atoms with van der Waals surface area (Å²) in [6.45, 7) is 3.83. The van der Waals surface area contributed by atoms with Crippen molar-refractivity contribution in [1.82, 2.24) is 15.2 Å². The highest BCUT2D eigenvalue weighted by atomic mass is 19.1. The number of aryl methyl sites for hydroxylation is 1. The Morgan fingerprint density at radius 2 is 1.64 bits per heavy atom. The third-order valence-electron chi connectivity index (χ3n) is 4.51. The monoisotopic (exact) mass is 379 g/mol. The van der Waals surface area contributed by atoms with Gasteiger partial charge in [-0.3, -0.25) is 9.59 Å². The Morgan fingerprint density at radius 1 is 0.964 bits per heavy atom. The van der Waals surface area contributed by atoms with E-state index in [1.54, 1.807) is 35.8 Å². The number of benzene rings is 2. The Balaban J connectivity index is 1.64. The molecule has 0 fully saturated rings. The fraction of sp³-hybridized carbons (Fsp3) is 0.182. The van der Waals surface area contributed by atoms with E-state index in [9.17, 15) is 14.0 Å². The molecule has 3 rings (SSSR count). The summed E-state index contributed by atoms with van der Waals surface area (Å²) in [4.78, 5) is 24.5. The van der Waals surface area contributed by atoms with Crippen molar-refractivity contribution in [3.63, 3.8) is 0 Å². The van der Waals surface area contributed by atoms with Crippen LogP contribution >= 0.6 is 0 Å². The van der Waals surface area contributed by atoms with Gasteiger partial charge in [0.1, 0.15) is 5.82 Å². The molecular formula is C22H22FN3O2. The topological polar surface area (TPSA) is 63.1 Å². The molecule has 2 amide bonds. The van der Waals surface area contributed by atoms with Crippen LogP contribution in [0.3, 0.4) is 0 Å². The van der Waals surface area contributed by atoms with Crippen LogP contribution in [0.1, 0.15) is 27.3 Å². The van der Waals surface area contributed by atoms with E-state index < -0.39 is 0 Å². The highest BCUT2D eigenvalue weighted by Gasteiger charge is 2.18. The number of amides is 2. The maximum atomic E-state index is 14.2. The normalized spacial score (nSPS) is 10.5. The fourth-order valence-electron chi connectivity index (χ4n) is 3.11. The summed E-state index contributed by atoms with van der Waals surface area (Å²) < 4.78 is 15.8. The zero-order valence-electron chi connectivity index (χ0n) is 15.8. The first-order valence-electron chi connectivity index (χ1n) is 9.00. The number of hydrogen-bond donors (Lipinski definition) is 2. The van der Waals surface area contributed by atoms with Crippen LogP contribution in [0.25, 0.3) is 5.69 Å². The number of carbonyl (C=O) groups excluding carboxylic acids is 2. The van der Waals surface area contributed by atoms with Crippen molar-refractivity contribution in [2.24, 2.45) is 0 Å². The predicted octanol–water partition coefficient (Wildman–Crippen LogP) is 3.28. The molecule has 0 saturated heterocycles. The van der Waals surface area contributed by atoms with Gasteiger partial charge < -0.3 is 15.2 Å². The molecule has 0 spiro atoms. The van der Waals surface area contributed by atoms with E-state index in [1.165, 1.54) is 6.07 Å². The van der Waals surface area contributed by atoms with E-state index >= 15 is 0 Å². The third kappa shape index (κ3) is 4.28. The average molecular weight is 379 g/mol. The molecule has 6 heteroatoms. The average Bonchev–Trinajstić information content (AvgIpc) is 3.00. The summed E-state index contributed by atoms with van der Waals surface area (Å²) in [6.07, 6.45) is 0. The SMILES string of the molecule is Cc1cc(C(=O)NCC(=O)NCc2ccccc2)c(C)n1-c1ccccc1F. The van der Waals surface area contributed by atoms with Crippen molar-refractivity contribution in [2.75, 3.05) is 6.54 Å². The Bertz CT molecular complexity index is 996. The number of nitrogens with zero attached hydrogens (tertiary/aromatic N) is 1. The Kier molecular flexibility index (Phi) is 5.89. The lowest BCUT2D eigenvalue weighted by Gasteiger charge is -2.11. The molecule has 0 aliphatic heterocycles. The molecule has 0 radical (unpaired) electrons.